The van der Waals surface area contributed by atoms with E-state index in [9.17, 15) is 4.79 Å². The largest absolute Gasteiger partial charge is 0.325 e. The number of thioether (sulfide) groups is 1. The highest BCUT2D eigenvalue weighted by Gasteiger charge is 2.11. The number of nitrogens with zero attached hydrogens (tertiary/aromatic N) is 3. The van der Waals surface area contributed by atoms with E-state index >= 15 is 0 Å². The predicted molar refractivity (Wildman–Crippen MR) is 98.3 cm³/mol. The summed E-state index contributed by atoms with van der Waals surface area (Å²) in [6, 6.07) is 13.9. The molecule has 0 aliphatic heterocycles. The fraction of sp³-hybridized carbons (Fsp3) is 0.167. The Morgan fingerprint density at radius 2 is 2.04 bits per heavy atom. The van der Waals surface area contributed by atoms with Crippen LogP contribution in [0.4, 0.5) is 5.69 Å². The summed E-state index contributed by atoms with van der Waals surface area (Å²) in [5.74, 6) is 1.02. The van der Waals surface area contributed by atoms with Crippen molar-refractivity contribution >= 4 is 34.1 Å². The summed E-state index contributed by atoms with van der Waals surface area (Å²) in [6.45, 7) is 6.25. The molecule has 1 aromatic heterocycles. The van der Waals surface area contributed by atoms with Crippen molar-refractivity contribution < 1.29 is 4.79 Å². The molecule has 0 fully saturated rings. The van der Waals surface area contributed by atoms with Crippen molar-refractivity contribution in [3.63, 3.8) is 0 Å². The van der Waals surface area contributed by atoms with Crippen LogP contribution in [0.2, 0.25) is 0 Å². The van der Waals surface area contributed by atoms with E-state index in [1.54, 1.807) is 6.08 Å². The standard InChI is InChI=1S/C18H18N4OS/c1-3-10-22-13(2)20-21-18(22)24-12-17(23)19-16-9-8-14-6-4-5-7-15(14)11-16/h3-9,11H,1,10,12H2,2H3,(H,19,23). The number of carbonyl (C=O) groups is 1. The number of amides is 1. The minimum atomic E-state index is -0.0684. The summed E-state index contributed by atoms with van der Waals surface area (Å²) in [5, 5.41) is 14.0. The molecule has 0 saturated heterocycles. The van der Waals surface area contributed by atoms with Crippen molar-refractivity contribution in [3.8, 4) is 0 Å². The van der Waals surface area contributed by atoms with Gasteiger partial charge in [0, 0.05) is 12.2 Å². The molecule has 6 heteroatoms. The Labute approximate surface area is 144 Å². The van der Waals surface area contributed by atoms with Gasteiger partial charge >= 0.3 is 0 Å². The summed E-state index contributed by atoms with van der Waals surface area (Å²) in [5.41, 5.74) is 0.794. The molecule has 5 nitrogen and oxygen atoms in total. The molecule has 0 bridgehead atoms. The second-order valence-electron chi connectivity index (χ2n) is 5.33. The molecule has 0 aliphatic rings. The third-order valence-corrected chi connectivity index (χ3v) is 4.55. The van der Waals surface area contributed by atoms with Crippen molar-refractivity contribution in [2.24, 2.45) is 0 Å². The van der Waals surface area contributed by atoms with Crippen molar-refractivity contribution in [2.45, 2.75) is 18.6 Å². The van der Waals surface area contributed by atoms with Crippen LogP contribution in [-0.2, 0) is 11.3 Å². The average molecular weight is 338 g/mol. The van der Waals surface area contributed by atoms with Gasteiger partial charge in [0.1, 0.15) is 5.82 Å². The molecule has 0 spiro atoms. The highest BCUT2D eigenvalue weighted by Crippen LogP contribution is 2.20. The van der Waals surface area contributed by atoms with Gasteiger partial charge in [0.25, 0.3) is 0 Å². The van der Waals surface area contributed by atoms with Crippen LogP contribution in [0.3, 0.4) is 0 Å². The molecule has 3 aromatic rings. The van der Waals surface area contributed by atoms with E-state index < -0.39 is 0 Å². The number of anilines is 1. The Morgan fingerprint density at radius 3 is 2.83 bits per heavy atom. The zero-order valence-corrected chi connectivity index (χ0v) is 14.2. The molecular formula is C18H18N4OS. The molecule has 0 saturated carbocycles. The Morgan fingerprint density at radius 1 is 1.25 bits per heavy atom. The van der Waals surface area contributed by atoms with Crippen molar-refractivity contribution in [3.05, 3.63) is 60.9 Å². The SMILES string of the molecule is C=CCn1c(C)nnc1SCC(=O)Nc1ccc2ccccc2c1. The second-order valence-corrected chi connectivity index (χ2v) is 6.27. The van der Waals surface area contributed by atoms with E-state index in [-0.39, 0.29) is 11.7 Å². The first kappa shape index (κ1) is 16.3. The third-order valence-electron chi connectivity index (χ3n) is 3.58. The van der Waals surface area contributed by atoms with Gasteiger partial charge in [0.05, 0.1) is 5.75 Å². The van der Waals surface area contributed by atoms with Crippen LogP contribution < -0.4 is 5.32 Å². The third kappa shape index (κ3) is 3.65. The van der Waals surface area contributed by atoms with E-state index in [0.29, 0.717) is 6.54 Å². The van der Waals surface area contributed by atoms with Gasteiger partial charge < -0.3 is 9.88 Å². The lowest BCUT2D eigenvalue weighted by Gasteiger charge is -2.07. The monoisotopic (exact) mass is 338 g/mol. The summed E-state index contributed by atoms with van der Waals surface area (Å²) in [6.07, 6.45) is 1.79. The summed E-state index contributed by atoms with van der Waals surface area (Å²) >= 11 is 1.37. The topological polar surface area (TPSA) is 59.8 Å². The van der Waals surface area contributed by atoms with Crippen LogP contribution in [-0.4, -0.2) is 26.4 Å². The number of hydrogen-bond acceptors (Lipinski definition) is 4. The zero-order chi connectivity index (χ0) is 16.9. The number of rotatable bonds is 6. The number of hydrogen-bond donors (Lipinski definition) is 1. The zero-order valence-electron chi connectivity index (χ0n) is 13.4. The predicted octanol–water partition coefficient (Wildman–Crippen LogP) is 3.66. The fourth-order valence-electron chi connectivity index (χ4n) is 2.40. The smallest absolute Gasteiger partial charge is 0.234 e. The van der Waals surface area contributed by atoms with Gasteiger partial charge in [-0.1, -0.05) is 48.2 Å². The van der Waals surface area contributed by atoms with Gasteiger partial charge in [-0.15, -0.1) is 16.8 Å². The molecule has 1 amide bonds. The summed E-state index contributed by atoms with van der Waals surface area (Å²) in [4.78, 5) is 12.2. The second kappa shape index (κ2) is 7.31. The Bertz CT molecular complexity index is 888. The van der Waals surface area contributed by atoms with Gasteiger partial charge in [-0.05, 0) is 29.8 Å². The molecule has 0 atom stereocenters. The highest BCUT2D eigenvalue weighted by molar-refractivity contribution is 7.99. The van der Waals surface area contributed by atoms with E-state index in [1.807, 2.05) is 54.0 Å². The Kier molecular flexibility index (Phi) is 4.96. The molecule has 1 N–H and O–H groups in total. The lowest BCUT2D eigenvalue weighted by Crippen LogP contribution is -2.14. The van der Waals surface area contributed by atoms with E-state index in [1.165, 1.54) is 11.8 Å². The molecule has 24 heavy (non-hydrogen) atoms. The van der Waals surface area contributed by atoms with Crippen molar-refractivity contribution in [2.75, 3.05) is 11.1 Å². The van der Waals surface area contributed by atoms with Crippen LogP contribution in [0.25, 0.3) is 10.8 Å². The number of aromatic nitrogens is 3. The molecule has 0 radical (unpaired) electrons. The maximum atomic E-state index is 12.2. The first-order valence-electron chi connectivity index (χ1n) is 7.59. The lowest BCUT2D eigenvalue weighted by molar-refractivity contribution is -0.113. The van der Waals surface area contributed by atoms with Crippen LogP contribution in [0.1, 0.15) is 5.82 Å². The van der Waals surface area contributed by atoms with Gasteiger partial charge in [0.15, 0.2) is 5.16 Å². The van der Waals surface area contributed by atoms with Gasteiger partial charge in [0.2, 0.25) is 5.91 Å². The number of allylic oxidation sites excluding steroid dienone is 1. The lowest BCUT2D eigenvalue weighted by atomic mass is 10.1. The van der Waals surface area contributed by atoms with Crippen molar-refractivity contribution in [1.29, 1.82) is 0 Å². The number of nitrogens with one attached hydrogen (secondary N) is 1. The summed E-state index contributed by atoms with van der Waals surface area (Å²) in [7, 11) is 0. The minimum absolute atomic E-state index is 0.0684. The molecule has 3 rings (SSSR count). The quantitative estimate of drug-likeness (QED) is 0.550. The first-order valence-corrected chi connectivity index (χ1v) is 8.58. The van der Waals surface area contributed by atoms with Gasteiger partial charge in [-0.3, -0.25) is 4.79 Å². The molecule has 0 unspecified atom stereocenters. The van der Waals surface area contributed by atoms with Crippen LogP contribution in [0, 0.1) is 6.92 Å². The van der Waals surface area contributed by atoms with Crippen LogP contribution in [0.5, 0.6) is 0 Å². The van der Waals surface area contributed by atoms with Crippen molar-refractivity contribution in [1.82, 2.24) is 14.8 Å². The van der Waals surface area contributed by atoms with Gasteiger partial charge in [-0.2, -0.15) is 0 Å². The molecule has 1 heterocycles. The van der Waals surface area contributed by atoms with Gasteiger partial charge in [-0.25, -0.2) is 0 Å². The number of benzene rings is 2. The fourth-order valence-corrected chi connectivity index (χ4v) is 3.20. The molecule has 0 aliphatic carbocycles. The highest BCUT2D eigenvalue weighted by atomic mass is 32.2. The first-order chi connectivity index (χ1) is 11.7. The number of aryl methyl sites for hydroxylation is 1. The van der Waals surface area contributed by atoms with E-state index in [2.05, 4.69) is 22.1 Å². The Hall–Kier alpha value is -2.60. The molecule has 2 aromatic carbocycles. The number of fused-ring (bicyclic) bond motifs is 1. The molecular weight excluding hydrogens is 320 g/mol. The average Bonchev–Trinajstić information content (AvgIpc) is 2.94. The minimum Gasteiger partial charge on any atom is -0.325 e. The maximum Gasteiger partial charge on any atom is 0.234 e. The van der Waals surface area contributed by atoms with E-state index in [0.717, 1.165) is 27.4 Å². The van der Waals surface area contributed by atoms with Crippen LogP contribution >= 0.6 is 11.8 Å². The summed E-state index contributed by atoms with van der Waals surface area (Å²) < 4.78 is 1.93. The number of carbonyl (C=O) groups excluding carboxylic acids is 1. The normalized spacial score (nSPS) is 10.7. The van der Waals surface area contributed by atoms with Crippen LogP contribution in [0.15, 0.2) is 60.3 Å². The van der Waals surface area contributed by atoms with E-state index in [4.69, 9.17) is 0 Å². The molecule has 122 valence electrons. The maximum absolute atomic E-state index is 12.2. The Balaban J connectivity index is 1.64.